The first-order chi connectivity index (χ1) is 6.29. The second-order valence-electron chi connectivity index (χ2n) is 3.09. The van der Waals surface area contributed by atoms with Crippen LogP contribution in [0.15, 0.2) is 18.2 Å². The lowest BCUT2D eigenvalue weighted by molar-refractivity contribution is 0.207. The molecule has 0 fully saturated rings. The molecule has 1 heterocycles. The third kappa shape index (κ3) is 1.53. The van der Waals surface area contributed by atoms with Gasteiger partial charge in [-0.2, -0.15) is 0 Å². The van der Waals surface area contributed by atoms with Crippen LogP contribution in [0.4, 0.5) is 11.4 Å². The third-order valence-corrected chi connectivity index (χ3v) is 2.02. The van der Waals surface area contributed by atoms with Crippen LogP contribution >= 0.6 is 0 Å². The van der Waals surface area contributed by atoms with Crippen molar-refractivity contribution in [2.75, 3.05) is 24.3 Å². The summed E-state index contributed by atoms with van der Waals surface area (Å²) in [5.41, 5.74) is 7.15. The molecule has 4 nitrogen and oxygen atoms in total. The zero-order valence-electron chi connectivity index (χ0n) is 7.16. The van der Waals surface area contributed by atoms with Crippen LogP contribution in [0.3, 0.4) is 0 Å². The Morgan fingerprint density at radius 2 is 2.46 bits per heavy atom. The van der Waals surface area contributed by atoms with Gasteiger partial charge in [-0.1, -0.05) is 0 Å². The predicted molar refractivity (Wildman–Crippen MR) is 50.8 cm³/mol. The summed E-state index contributed by atoms with van der Waals surface area (Å²) >= 11 is 0. The number of benzene rings is 1. The van der Waals surface area contributed by atoms with Gasteiger partial charge in [0, 0.05) is 5.69 Å². The Morgan fingerprint density at radius 1 is 1.62 bits per heavy atom. The van der Waals surface area contributed by atoms with Crippen LogP contribution in [-0.4, -0.2) is 24.4 Å². The summed E-state index contributed by atoms with van der Waals surface area (Å²) in [6.07, 6.45) is 0. The molecule has 1 aliphatic heterocycles. The maximum absolute atomic E-state index is 8.91. The number of hydrogen-bond donors (Lipinski definition) is 3. The molecule has 2 rings (SSSR count). The molecule has 1 aromatic carbocycles. The Hall–Kier alpha value is -1.42. The van der Waals surface area contributed by atoms with Gasteiger partial charge in [-0.05, 0) is 18.2 Å². The molecule has 4 N–H and O–H groups in total. The number of hydrogen-bond acceptors (Lipinski definition) is 4. The normalized spacial score (nSPS) is 19.9. The van der Waals surface area contributed by atoms with Crippen molar-refractivity contribution in [3.63, 3.8) is 0 Å². The van der Waals surface area contributed by atoms with E-state index in [1.54, 1.807) is 12.1 Å². The summed E-state index contributed by atoms with van der Waals surface area (Å²) in [5, 5.41) is 12.0. The zero-order valence-corrected chi connectivity index (χ0v) is 7.16. The molecule has 13 heavy (non-hydrogen) atoms. The topological polar surface area (TPSA) is 67.5 Å². The maximum Gasteiger partial charge on any atom is 0.142 e. The van der Waals surface area contributed by atoms with Crippen molar-refractivity contribution in [2.24, 2.45) is 0 Å². The lowest BCUT2D eigenvalue weighted by Crippen LogP contribution is -2.34. The van der Waals surface area contributed by atoms with Crippen LogP contribution in [0.2, 0.25) is 0 Å². The quantitative estimate of drug-likeness (QED) is 0.548. The molecule has 1 aromatic rings. The van der Waals surface area contributed by atoms with Gasteiger partial charge in [0.2, 0.25) is 0 Å². The number of aliphatic hydroxyl groups excluding tert-OH is 1. The second kappa shape index (κ2) is 3.14. The molecule has 0 unspecified atom stereocenters. The molecule has 0 saturated carbocycles. The summed E-state index contributed by atoms with van der Waals surface area (Å²) in [5.74, 6) is 0.791. The Balaban J connectivity index is 2.27. The van der Waals surface area contributed by atoms with E-state index in [1.807, 2.05) is 6.07 Å². The van der Waals surface area contributed by atoms with Gasteiger partial charge in [-0.25, -0.2) is 0 Å². The van der Waals surface area contributed by atoms with Gasteiger partial charge in [0.15, 0.2) is 0 Å². The van der Waals surface area contributed by atoms with Crippen molar-refractivity contribution in [1.29, 1.82) is 0 Å². The molecule has 0 aromatic heterocycles. The highest BCUT2D eigenvalue weighted by atomic mass is 16.5. The number of ether oxygens (including phenoxy) is 1. The van der Waals surface area contributed by atoms with E-state index in [2.05, 4.69) is 5.32 Å². The van der Waals surface area contributed by atoms with E-state index < -0.39 is 0 Å². The van der Waals surface area contributed by atoms with Gasteiger partial charge < -0.3 is 20.9 Å². The number of nitrogen functional groups attached to an aromatic ring is 1. The maximum atomic E-state index is 8.91. The largest absolute Gasteiger partial charge is 0.489 e. The molecule has 1 aliphatic rings. The number of fused-ring (bicyclic) bond motifs is 1. The van der Waals surface area contributed by atoms with Crippen LogP contribution < -0.4 is 15.8 Å². The number of nitrogens with one attached hydrogen (secondary N) is 1. The third-order valence-electron chi connectivity index (χ3n) is 2.02. The van der Waals surface area contributed by atoms with Crippen LogP contribution in [0, 0.1) is 0 Å². The fourth-order valence-electron chi connectivity index (χ4n) is 1.34. The molecular formula is C9H12N2O2. The van der Waals surface area contributed by atoms with Crippen molar-refractivity contribution in [3.05, 3.63) is 18.2 Å². The standard InChI is InChI=1S/C9H12N2O2/c10-6-1-2-9-8(3-6)11-7(4-12)5-13-9/h1-3,7,11-12H,4-5,10H2/t7-/m1/s1. The highest BCUT2D eigenvalue weighted by molar-refractivity contribution is 5.64. The van der Waals surface area contributed by atoms with Gasteiger partial charge >= 0.3 is 0 Å². The van der Waals surface area contributed by atoms with Crippen molar-refractivity contribution in [3.8, 4) is 5.75 Å². The van der Waals surface area contributed by atoms with Gasteiger partial charge in [0.05, 0.1) is 18.3 Å². The number of rotatable bonds is 1. The van der Waals surface area contributed by atoms with E-state index in [4.69, 9.17) is 15.6 Å². The van der Waals surface area contributed by atoms with Crippen molar-refractivity contribution < 1.29 is 9.84 Å². The molecule has 70 valence electrons. The minimum absolute atomic E-state index is 0.0331. The lowest BCUT2D eigenvalue weighted by Gasteiger charge is -2.26. The fourth-order valence-corrected chi connectivity index (χ4v) is 1.34. The van der Waals surface area contributed by atoms with Crippen LogP contribution in [0.25, 0.3) is 0 Å². The molecule has 0 amide bonds. The van der Waals surface area contributed by atoms with E-state index >= 15 is 0 Å². The zero-order chi connectivity index (χ0) is 9.26. The van der Waals surface area contributed by atoms with E-state index in [9.17, 15) is 0 Å². The van der Waals surface area contributed by atoms with Gasteiger partial charge in [-0.15, -0.1) is 0 Å². The summed E-state index contributed by atoms with van der Waals surface area (Å²) < 4.78 is 5.40. The Bertz CT molecular complexity index is 314. The fraction of sp³-hybridized carbons (Fsp3) is 0.333. The first-order valence-corrected chi connectivity index (χ1v) is 4.19. The van der Waals surface area contributed by atoms with Crippen molar-refractivity contribution in [2.45, 2.75) is 6.04 Å². The average Bonchev–Trinajstić information content (AvgIpc) is 2.16. The van der Waals surface area contributed by atoms with E-state index in [0.29, 0.717) is 12.3 Å². The number of nitrogens with two attached hydrogens (primary N) is 1. The first-order valence-electron chi connectivity index (χ1n) is 4.19. The lowest BCUT2D eigenvalue weighted by atomic mass is 10.2. The monoisotopic (exact) mass is 180 g/mol. The second-order valence-corrected chi connectivity index (χ2v) is 3.09. The molecule has 4 heteroatoms. The minimum atomic E-state index is -0.0331. The predicted octanol–water partition coefficient (Wildman–Crippen LogP) is 0.434. The summed E-state index contributed by atoms with van der Waals surface area (Å²) in [7, 11) is 0. The molecule has 1 atom stereocenters. The minimum Gasteiger partial charge on any atom is -0.489 e. The molecule has 0 bridgehead atoms. The van der Waals surface area contributed by atoms with Crippen molar-refractivity contribution in [1.82, 2.24) is 0 Å². The molecule has 0 spiro atoms. The summed E-state index contributed by atoms with van der Waals surface area (Å²) in [4.78, 5) is 0. The van der Waals surface area contributed by atoms with E-state index in [0.717, 1.165) is 11.4 Å². The van der Waals surface area contributed by atoms with Crippen LogP contribution in [0.5, 0.6) is 5.75 Å². The highest BCUT2D eigenvalue weighted by Crippen LogP contribution is 2.30. The number of aliphatic hydroxyl groups is 1. The van der Waals surface area contributed by atoms with Gasteiger partial charge in [0.1, 0.15) is 12.4 Å². The smallest absolute Gasteiger partial charge is 0.142 e. The molecular weight excluding hydrogens is 168 g/mol. The number of anilines is 2. The summed E-state index contributed by atoms with van der Waals surface area (Å²) in [6, 6.07) is 5.39. The van der Waals surface area contributed by atoms with Gasteiger partial charge in [-0.3, -0.25) is 0 Å². The van der Waals surface area contributed by atoms with E-state index in [1.165, 1.54) is 0 Å². The van der Waals surface area contributed by atoms with Crippen LogP contribution in [-0.2, 0) is 0 Å². The highest BCUT2D eigenvalue weighted by Gasteiger charge is 2.17. The Morgan fingerprint density at radius 3 is 3.23 bits per heavy atom. The van der Waals surface area contributed by atoms with Gasteiger partial charge in [0.25, 0.3) is 0 Å². The Kier molecular flexibility index (Phi) is 1.98. The Labute approximate surface area is 76.3 Å². The molecule has 0 aliphatic carbocycles. The molecule has 0 saturated heterocycles. The van der Waals surface area contributed by atoms with E-state index in [-0.39, 0.29) is 12.6 Å². The average molecular weight is 180 g/mol. The molecule has 0 radical (unpaired) electrons. The SMILES string of the molecule is Nc1ccc2c(c1)N[C@H](CO)CO2. The van der Waals surface area contributed by atoms with Crippen molar-refractivity contribution >= 4 is 11.4 Å². The first kappa shape index (κ1) is 8.19. The van der Waals surface area contributed by atoms with Crippen LogP contribution in [0.1, 0.15) is 0 Å². The summed E-state index contributed by atoms with van der Waals surface area (Å²) in [6.45, 7) is 0.557.